The summed E-state index contributed by atoms with van der Waals surface area (Å²) in [7, 11) is 0. The molecule has 1 unspecified atom stereocenters. The molecular formula is C31H37N3O4. The maximum absolute atomic E-state index is 11.6. The second-order valence-electron chi connectivity index (χ2n) is 13.2. The summed E-state index contributed by atoms with van der Waals surface area (Å²) < 4.78 is 7.27. The first-order valence-electron chi connectivity index (χ1n) is 14.2. The smallest absolute Gasteiger partial charge is 0.105 e. The molecule has 2 aromatic rings. The molecular weight excluding hydrogens is 478 g/mol. The van der Waals surface area contributed by atoms with Gasteiger partial charge in [0.2, 0.25) is 0 Å². The molecule has 1 aromatic heterocycles. The van der Waals surface area contributed by atoms with Crippen LogP contribution in [0.4, 0.5) is 0 Å². The third-order valence-electron chi connectivity index (χ3n) is 11.3. The van der Waals surface area contributed by atoms with Gasteiger partial charge >= 0.3 is 0 Å². The lowest BCUT2D eigenvalue weighted by Crippen LogP contribution is -2.68. The van der Waals surface area contributed by atoms with Crippen LogP contribution in [-0.4, -0.2) is 79.9 Å². The van der Waals surface area contributed by atoms with E-state index in [9.17, 15) is 15.3 Å². The molecule has 2 saturated heterocycles. The van der Waals surface area contributed by atoms with Gasteiger partial charge in [-0.15, -0.1) is 0 Å². The van der Waals surface area contributed by atoms with Crippen molar-refractivity contribution >= 4 is 10.8 Å². The van der Waals surface area contributed by atoms with E-state index in [-0.39, 0.29) is 29.3 Å². The van der Waals surface area contributed by atoms with E-state index < -0.39 is 29.5 Å². The van der Waals surface area contributed by atoms with Crippen LogP contribution < -0.4 is 5.73 Å². The average molecular weight is 516 g/mol. The number of pyridine rings is 1. The molecule has 5 N–H and O–H groups in total. The largest absolute Gasteiger partial charge is 0.392 e. The van der Waals surface area contributed by atoms with Gasteiger partial charge in [0, 0.05) is 54.8 Å². The number of fused-ring (bicyclic) bond motifs is 2. The minimum Gasteiger partial charge on any atom is -0.392 e. The number of nitrogens with two attached hydrogens (primary N) is 1. The average Bonchev–Trinajstić information content (AvgIpc) is 3.35. The molecule has 1 aromatic carbocycles. The Hall–Kier alpha value is -2.13. The fourth-order valence-corrected chi connectivity index (χ4v) is 9.50. The fourth-order valence-electron chi connectivity index (χ4n) is 9.50. The Balaban J connectivity index is 1.19. The van der Waals surface area contributed by atoms with E-state index in [0.29, 0.717) is 12.8 Å². The molecule has 2 saturated carbocycles. The van der Waals surface area contributed by atoms with Crippen LogP contribution in [0.25, 0.3) is 10.8 Å². The van der Waals surface area contributed by atoms with Crippen molar-refractivity contribution in [3.63, 3.8) is 0 Å². The second kappa shape index (κ2) is 7.74. The molecule has 2 spiro atoms. The maximum atomic E-state index is 11.6. The van der Waals surface area contributed by atoms with Crippen molar-refractivity contribution in [2.75, 3.05) is 13.1 Å². The Morgan fingerprint density at radius 2 is 1.95 bits per heavy atom. The minimum atomic E-state index is -0.941. The van der Waals surface area contributed by atoms with Gasteiger partial charge in [0.05, 0.1) is 23.4 Å². The van der Waals surface area contributed by atoms with Crippen LogP contribution in [-0.2, 0) is 4.74 Å². The number of aliphatic hydroxyl groups excluding tert-OH is 3. The molecule has 3 aliphatic heterocycles. The highest BCUT2D eigenvalue weighted by atomic mass is 16.5. The molecule has 4 fully saturated rings. The Morgan fingerprint density at radius 3 is 2.76 bits per heavy atom. The van der Waals surface area contributed by atoms with Gasteiger partial charge < -0.3 is 25.8 Å². The monoisotopic (exact) mass is 515 g/mol. The summed E-state index contributed by atoms with van der Waals surface area (Å²) in [6, 6.07) is 8.52. The number of allylic oxidation sites excluding steroid dienone is 1. The van der Waals surface area contributed by atoms with Crippen LogP contribution >= 0.6 is 0 Å². The molecule has 4 heterocycles. The highest BCUT2D eigenvalue weighted by Gasteiger charge is 2.69. The Morgan fingerprint density at radius 1 is 1.11 bits per heavy atom. The third kappa shape index (κ3) is 2.92. The number of benzene rings is 1. The first kappa shape index (κ1) is 23.7. The molecule has 38 heavy (non-hydrogen) atoms. The van der Waals surface area contributed by atoms with E-state index in [1.807, 2.05) is 18.5 Å². The van der Waals surface area contributed by atoms with E-state index in [1.54, 1.807) is 0 Å². The number of hydrogen-bond donors (Lipinski definition) is 4. The molecule has 0 radical (unpaired) electrons. The van der Waals surface area contributed by atoms with Gasteiger partial charge in [0.1, 0.15) is 6.10 Å². The van der Waals surface area contributed by atoms with Crippen molar-refractivity contribution in [2.24, 2.45) is 17.1 Å². The third-order valence-corrected chi connectivity index (χ3v) is 11.3. The van der Waals surface area contributed by atoms with E-state index in [1.165, 1.54) is 5.56 Å². The molecule has 7 nitrogen and oxygen atoms in total. The number of rotatable bonds is 2. The van der Waals surface area contributed by atoms with Crippen LogP contribution in [0.3, 0.4) is 0 Å². The molecule has 8 rings (SSSR count). The van der Waals surface area contributed by atoms with Crippen LogP contribution in [0.5, 0.6) is 0 Å². The molecule has 9 atom stereocenters. The number of aromatic nitrogens is 1. The Labute approximate surface area is 223 Å². The summed E-state index contributed by atoms with van der Waals surface area (Å²) in [4.78, 5) is 6.52. The normalized spacial score (nSPS) is 46.1. The van der Waals surface area contributed by atoms with Crippen LogP contribution in [0.1, 0.15) is 50.5 Å². The Bertz CT molecular complexity index is 1390. The zero-order valence-electron chi connectivity index (χ0n) is 21.8. The fraction of sp³-hybridized carbons (Fsp3) is 0.581. The summed E-state index contributed by atoms with van der Waals surface area (Å²) in [6.45, 7) is 3.83. The van der Waals surface area contributed by atoms with Crippen molar-refractivity contribution in [1.29, 1.82) is 0 Å². The van der Waals surface area contributed by atoms with Crippen LogP contribution in [0, 0.1) is 11.3 Å². The van der Waals surface area contributed by atoms with Crippen molar-refractivity contribution < 1.29 is 20.1 Å². The molecule has 2 bridgehead atoms. The maximum Gasteiger partial charge on any atom is 0.105 e. The number of likely N-dealkylation sites (tertiary alicyclic amines) is 1. The van der Waals surface area contributed by atoms with Gasteiger partial charge in [0.25, 0.3) is 0 Å². The Kier molecular flexibility index (Phi) is 4.84. The zero-order valence-corrected chi connectivity index (χ0v) is 21.8. The van der Waals surface area contributed by atoms with Gasteiger partial charge in [-0.05, 0) is 71.7 Å². The summed E-state index contributed by atoms with van der Waals surface area (Å²) in [6.07, 6.45) is 9.83. The van der Waals surface area contributed by atoms with Crippen molar-refractivity contribution in [3.05, 3.63) is 65.5 Å². The lowest BCUT2D eigenvalue weighted by molar-refractivity contribution is -0.173. The van der Waals surface area contributed by atoms with Gasteiger partial charge in [-0.3, -0.25) is 9.88 Å². The lowest BCUT2D eigenvalue weighted by atomic mass is 9.58. The number of nitrogens with zero attached hydrogens (tertiary/aromatic N) is 2. The first-order valence-corrected chi connectivity index (χ1v) is 14.2. The van der Waals surface area contributed by atoms with Gasteiger partial charge in [-0.25, -0.2) is 0 Å². The van der Waals surface area contributed by atoms with E-state index in [4.69, 9.17) is 10.5 Å². The molecule has 7 heteroatoms. The van der Waals surface area contributed by atoms with Crippen molar-refractivity contribution in [2.45, 2.75) is 86.5 Å². The van der Waals surface area contributed by atoms with Crippen LogP contribution in [0.2, 0.25) is 0 Å². The summed E-state index contributed by atoms with van der Waals surface area (Å²) in [5.41, 5.74) is 8.00. The number of aliphatic hydroxyl groups is 3. The van der Waals surface area contributed by atoms with Gasteiger partial charge in [0.15, 0.2) is 0 Å². The molecule has 6 aliphatic rings. The van der Waals surface area contributed by atoms with Gasteiger partial charge in [-0.2, -0.15) is 0 Å². The SMILES string of the molecule is C[C@]12CC=C3C=C4[C@H](O)[C@@H](O)[C@@H](N5CC(N)C5)C[C@]45CCC3(O5)[C@@H]1C[C@@H](O)[C@@H]2c1ccc2ccncc2c1. The lowest BCUT2D eigenvalue weighted by Gasteiger charge is -2.57. The van der Waals surface area contributed by atoms with Crippen LogP contribution in [0.15, 0.2) is 60.0 Å². The summed E-state index contributed by atoms with van der Waals surface area (Å²) in [5, 5.41) is 36.3. The first-order chi connectivity index (χ1) is 18.2. The zero-order chi connectivity index (χ0) is 26.0. The molecule has 0 amide bonds. The van der Waals surface area contributed by atoms with Gasteiger partial charge in [-0.1, -0.05) is 31.2 Å². The number of ether oxygens (including phenoxy) is 1. The topological polar surface area (TPSA) is 112 Å². The van der Waals surface area contributed by atoms with Crippen molar-refractivity contribution in [1.82, 2.24) is 9.88 Å². The van der Waals surface area contributed by atoms with E-state index >= 15 is 0 Å². The summed E-state index contributed by atoms with van der Waals surface area (Å²) >= 11 is 0. The second-order valence-corrected chi connectivity index (χ2v) is 13.2. The predicted octanol–water partition coefficient (Wildman–Crippen LogP) is 2.40. The summed E-state index contributed by atoms with van der Waals surface area (Å²) in [5.74, 6) is 0.167. The quantitative estimate of drug-likeness (QED) is 0.486. The minimum absolute atomic E-state index is 0.00361. The standard InChI is InChI=1S/C31H37N3O4/c1-29-6-4-20-11-22-27(36)28(37)23(34-15-21(32)16-34)13-30(22)7-8-31(20,38-30)25(29)12-24(35)26(29)18-3-2-17-5-9-33-14-19(17)10-18/h2-5,9-11,14,21,23-28,35-37H,6-8,12-13,15-16,32H2,1H3/t23-,24+,25+,26-,27-,28-,29-,30+,31?/m0/s1. The highest BCUT2D eigenvalue weighted by Crippen LogP contribution is 2.69. The van der Waals surface area contributed by atoms with E-state index in [2.05, 4.69) is 47.2 Å². The highest BCUT2D eigenvalue weighted by molar-refractivity contribution is 5.82. The van der Waals surface area contributed by atoms with Crippen molar-refractivity contribution in [3.8, 4) is 0 Å². The molecule has 200 valence electrons. The number of hydrogen-bond acceptors (Lipinski definition) is 7. The predicted molar refractivity (Wildman–Crippen MR) is 143 cm³/mol. The molecule has 3 aliphatic carbocycles. The van der Waals surface area contributed by atoms with E-state index in [0.717, 1.165) is 54.3 Å².